The van der Waals surface area contributed by atoms with Gasteiger partial charge >= 0.3 is 0 Å². The predicted molar refractivity (Wildman–Crippen MR) is 135 cm³/mol. The molecule has 2 saturated carbocycles. The fourth-order valence-electron chi connectivity index (χ4n) is 4.72. The number of phosphoric ester groups is 2. The van der Waals surface area contributed by atoms with Gasteiger partial charge in [0.2, 0.25) is 5.82 Å². The summed E-state index contributed by atoms with van der Waals surface area (Å²) in [5.41, 5.74) is -0.189. The maximum absolute atomic E-state index is 11.3. The molecule has 0 bridgehead atoms. The Morgan fingerprint density at radius 1 is 1.16 bits per heavy atom. The van der Waals surface area contributed by atoms with Crippen molar-refractivity contribution in [3.8, 4) is 11.8 Å². The monoisotopic (exact) mass is 583 g/mol. The van der Waals surface area contributed by atoms with E-state index in [2.05, 4.69) is 43.6 Å². The zero-order valence-corrected chi connectivity index (χ0v) is 24.3. The molecule has 4 atom stereocenters. The van der Waals surface area contributed by atoms with Crippen LogP contribution in [-0.2, 0) is 18.2 Å². The van der Waals surface area contributed by atoms with Gasteiger partial charge < -0.3 is 72.2 Å². The van der Waals surface area contributed by atoms with Crippen LogP contribution in [0.4, 0.5) is 5.82 Å². The van der Waals surface area contributed by atoms with E-state index >= 15 is 0 Å². The fourth-order valence-corrected chi connectivity index (χ4v) is 5.73. The van der Waals surface area contributed by atoms with Crippen molar-refractivity contribution >= 4 is 32.6 Å². The molecule has 2 aromatic rings. The van der Waals surface area contributed by atoms with Gasteiger partial charge in [-0.05, 0) is 31.1 Å². The highest BCUT2D eigenvalue weighted by molar-refractivity contribution is 7.43. The first-order chi connectivity index (χ1) is 16.0. The van der Waals surface area contributed by atoms with Crippen LogP contribution in [0.1, 0.15) is 50.9 Å². The van der Waals surface area contributed by atoms with E-state index in [1.807, 2.05) is 0 Å². The van der Waals surface area contributed by atoms with Crippen molar-refractivity contribution in [2.24, 2.45) is 11.3 Å². The van der Waals surface area contributed by atoms with Crippen LogP contribution in [0.2, 0.25) is 0 Å². The summed E-state index contributed by atoms with van der Waals surface area (Å²) >= 11 is 0. The number of nitrogens with zero attached hydrogens (tertiary/aromatic N) is 4. The number of aromatic nitrogens is 4. The molecule has 0 radical (unpaired) electrons. The molecule has 2 heterocycles. The molecule has 2 aromatic heterocycles. The number of phosphoric acid groups is 2. The van der Waals surface area contributed by atoms with E-state index in [1.54, 1.807) is 11.6 Å². The summed E-state index contributed by atoms with van der Waals surface area (Å²) < 4.78 is 33.3. The number of rotatable bonds is 9. The molecule has 0 spiro atoms. The van der Waals surface area contributed by atoms with Gasteiger partial charge in [-0.2, -0.15) is 0 Å². The Bertz CT molecular complexity index is 1240. The predicted octanol–water partition coefficient (Wildman–Crippen LogP) is 0.925. The molecule has 0 saturated heterocycles. The van der Waals surface area contributed by atoms with Crippen molar-refractivity contribution in [1.82, 2.24) is 44.1 Å². The van der Waals surface area contributed by atoms with Crippen molar-refractivity contribution in [3.05, 3.63) is 12.2 Å². The number of nitrogens with one attached hydrogen (secondary N) is 1. The lowest BCUT2D eigenvalue weighted by molar-refractivity contribution is -0.347. The lowest BCUT2D eigenvalue weighted by Gasteiger charge is -2.37. The van der Waals surface area contributed by atoms with Crippen molar-refractivity contribution in [2.75, 3.05) is 19.0 Å². The average Bonchev–Trinajstić information content (AvgIpc) is 3.22. The van der Waals surface area contributed by atoms with Gasteiger partial charge in [-0.3, -0.25) is 0 Å². The van der Waals surface area contributed by atoms with E-state index < -0.39 is 39.8 Å². The minimum atomic E-state index is -5.38. The van der Waals surface area contributed by atoms with E-state index in [0.717, 1.165) is 12.8 Å². The molecule has 0 unspecified atom stereocenters. The highest BCUT2D eigenvalue weighted by Crippen LogP contribution is 2.70. The molecular formula is C19H39N9O8P2. The third kappa shape index (κ3) is 7.54. The molecule has 0 amide bonds. The molecule has 218 valence electrons. The van der Waals surface area contributed by atoms with E-state index in [0.29, 0.717) is 29.8 Å². The van der Waals surface area contributed by atoms with Crippen LogP contribution in [0.15, 0.2) is 6.33 Å². The Labute approximate surface area is 220 Å². The summed E-state index contributed by atoms with van der Waals surface area (Å²) in [5, 5.41) is 2.96. The maximum Gasteiger partial charge on any atom is 0.208 e. The van der Waals surface area contributed by atoms with Gasteiger partial charge in [0.25, 0.3) is 0 Å². The summed E-state index contributed by atoms with van der Waals surface area (Å²) in [4.78, 5) is 58.1. The Morgan fingerprint density at radius 3 is 2.42 bits per heavy atom. The molecule has 17 nitrogen and oxygen atoms in total. The number of fused-ring (bicyclic) bond motifs is 2. The van der Waals surface area contributed by atoms with Crippen LogP contribution in [0, 0.1) is 23.2 Å². The van der Waals surface area contributed by atoms with Gasteiger partial charge in [0, 0.05) is 24.9 Å². The Morgan fingerprint density at radius 2 is 1.84 bits per heavy atom. The molecule has 0 aromatic carbocycles. The van der Waals surface area contributed by atoms with Crippen molar-refractivity contribution in [2.45, 2.75) is 51.2 Å². The molecule has 0 aliphatic heterocycles. The van der Waals surface area contributed by atoms with Gasteiger partial charge in [0.05, 0.1) is 34.7 Å². The van der Waals surface area contributed by atoms with E-state index in [-0.39, 0.29) is 42.8 Å². The second kappa shape index (κ2) is 13.4. The molecule has 2 aliphatic carbocycles. The summed E-state index contributed by atoms with van der Waals surface area (Å²) in [6, 6.07) is -0.427. The van der Waals surface area contributed by atoms with Crippen LogP contribution in [0.25, 0.3) is 11.2 Å². The lowest BCUT2D eigenvalue weighted by Crippen LogP contribution is -2.32. The smallest absolute Gasteiger partial charge is 0.208 e. The number of imidazole rings is 1. The molecule has 4 rings (SSSR count). The first-order valence-electron chi connectivity index (χ1n) is 10.8. The second-order valence-corrected chi connectivity index (χ2v) is 10.7. The largest absolute Gasteiger partial charge is 0.790 e. The number of unbranched alkanes of at least 4 members (excludes halogenated alkanes) is 2. The summed E-state index contributed by atoms with van der Waals surface area (Å²) in [6.45, 7) is 1.50. The molecular weight excluding hydrogens is 544 g/mol. The lowest BCUT2D eigenvalue weighted by atomic mass is 10.0. The van der Waals surface area contributed by atoms with Gasteiger partial charge in [0.15, 0.2) is 17.0 Å². The van der Waals surface area contributed by atoms with Crippen molar-refractivity contribution in [3.63, 3.8) is 0 Å². The molecule has 38 heavy (non-hydrogen) atoms. The second-order valence-electron chi connectivity index (χ2n) is 8.48. The normalized spacial score (nSPS) is 23.5. The van der Waals surface area contributed by atoms with Gasteiger partial charge in [-0.15, -0.1) is 0 Å². The summed E-state index contributed by atoms with van der Waals surface area (Å²) in [7, 11) is -9.01. The topological polar surface area (TPSA) is 346 Å². The molecule has 19 heteroatoms. The molecule has 2 fully saturated rings. The van der Waals surface area contributed by atoms with E-state index in [1.165, 1.54) is 6.33 Å². The summed E-state index contributed by atoms with van der Waals surface area (Å²) in [5.74, 6) is 6.40. The zero-order valence-electron chi connectivity index (χ0n) is 22.5. The van der Waals surface area contributed by atoms with Crippen LogP contribution >= 0.6 is 15.6 Å². The van der Waals surface area contributed by atoms with E-state index in [9.17, 15) is 28.7 Å². The Hall–Kier alpha value is -2.03. The van der Waals surface area contributed by atoms with Crippen LogP contribution < -0.4 is 49.5 Å². The fraction of sp³-hybridized carbons (Fsp3) is 0.632. The Kier molecular flexibility index (Phi) is 12.6. The first kappa shape index (κ1) is 36.0. The van der Waals surface area contributed by atoms with Gasteiger partial charge in [0.1, 0.15) is 0 Å². The van der Waals surface area contributed by atoms with E-state index in [4.69, 9.17) is 4.52 Å². The van der Waals surface area contributed by atoms with Gasteiger partial charge in [-0.25, -0.2) is 15.0 Å². The number of quaternary nitrogens is 4. The quantitative estimate of drug-likeness (QED) is 0.156. The SMILES string of the molecule is CCCCC#Cc1nc(NC)c2ncn([C@H]3C[C@H](OP(=O)([O-])[O-])[C@@]4(COP(=O)([O-])[O-])C[C@H]34)c2n1.[NH4+].[NH4+].[NH4+].[NH4+]. The highest BCUT2D eigenvalue weighted by atomic mass is 31.2. The third-order valence-electron chi connectivity index (χ3n) is 6.36. The van der Waals surface area contributed by atoms with Crippen molar-refractivity contribution in [1.29, 1.82) is 0 Å². The summed E-state index contributed by atoms with van der Waals surface area (Å²) in [6.07, 6.45) is 3.39. The van der Waals surface area contributed by atoms with Gasteiger partial charge in [-0.1, -0.05) is 19.3 Å². The number of hydrogen-bond donors (Lipinski definition) is 5. The third-order valence-corrected chi connectivity index (χ3v) is 7.32. The highest BCUT2D eigenvalue weighted by Gasteiger charge is 2.68. The average molecular weight is 584 g/mol. The number of anilines is 1. The van der Waals surface area contributed by atoms with Crippen LogP contribution in [0.3, 0.4) is 0 Å². The molecule has 17 N–H and O–H groups in total. The minimum Gasteiger partial charge on any atom is -0.790 e. The maximum atomic E-state index is 11.3. The first-order valence-corrected chi connectivity index (χ1v) is 13.7. The molecule has 2 aliphatic rings. The van der Waals surface area contributed by atoms with Crippen LogP contribution in [-0.4, -0.2) is 39.3 Å². The standard InChI is InChI=1S/C19H27N5O8P2.4H3N/c1-3-4-5-6-7-15-22-17(20-2)16-18(23-15)24(11-21-16)13-8-14(32-34(28,29)30)19(9-12(13)19)10-31-33(25,26)27;;;;/h11-14H,3-5,8-10H2,1-2H3,(H,20,22,23)(H2,25,26,27)(H2,28,29,30);4*1H3/t12-,13+,14+,19-;;;;/m1..../s1. The number of hydrogen-bond acceptors (Lipinski definition) is 12. The Balaban J connectivity index is 0.00000342. The minimum absolute atomic E-state index is 0. The van der Waals surface area contributed by atoms with Crippen molar-refractivity contribution < 1.29 is 37.8 Å². The zero-order chi connectivity index (χ0) is 24.7. The van der Waals surface area contributed by atoms with Crippen LogP contribution in [0.5, 0.6) is 0 Å².